The molecule has 1 aliphatic heterocycles. The van der Waals surface area contributed by atoms with Crippen LogP contribution in [-0.4, -0.2) is 24.5 Å². The molecule has 5 nitrogen and oxygen atoms in total. The second-order valence-corrected chi connectivity index (χ2v) is 3.82. The summed E-state index contributed by atoms with van der Waals surface area (Å²) in [6, 6.07) is 3.74. The smallest absolute Gasteiger partial charge is 0.219 e. The zero-order chi connectivity index (χ0) is 11.5. The van der Waals surface area contributed by atoms with Crippen LogP contribution in [0, 0.1) is 0 Å². The molecule has 0 fully saturated rings. The number of pyridine rings is 1. The maximum atomic E-state index is 10.9. The van der Waals surface area contributed by atoms with E-state index in [4.69, 9.17) is 10.5 Å². The summed E-state index contributed by atoms with van der Waals surface area (Å²) >= 11 is 0. The summed E-state index contributed by atoms with van der Waals surface area (Å²) in [5.74, 6) is 0.305. The van der Waals surface area contributed by atoms with Gasteiger partial charge in [-0.2, -0.15) is 0 Å². The minimum Gasteiger partial charge on any atom is -0.481 e. The van der Waals surface area contributed by atoms with Crippen LogP contribution in [0.1, 0.15) is 23.7 Å². The molecule has 1 atom stereocenters. The molecule has 16 heavy (non-hydrogen) atoms. The molecule has 0 spiro atoms. The zero-order valence-corrected chi connectivity index (χ0v) is 9.19. The lowest BCUT2D eigenvalue weighted by molar-refractivity contribution is -0.118. The van der Waals surface area contributed by atoms with Crippen molar-refractivity contribution in [2.24, 2.45) is 5.73 Å². The Bertz CT molecular complexity index is 406. The van der Waals surface area contributed by atoms with Gasteiger partial charge in [-0.1, -0.05) is 6.07 Å². The summed E-state index contributed by atoms with van der Waals surface area (Å²) in [6.45, 7) is 0.811. The summed E-state index contributed by atoms with van der Waals surface area (Å²) in [4.78, 5) is 15.3. The highest BCUT2D eigenvalue weighted by Gasteiger charge is 2.22. The molecule has 1 amide bonds. The molecule has 0 radical (unpaired) electrons. The molecule has 1 aliphatic rings. The van der Waals surface area contributed by atoms with Crippen LogP contribution in [0.15, 0.2) is 12.1 Å². The van der Waals surface area contributed by atoms with E-state index in [1.807, 2.05) is 6.07 Å². The lowest BCUT2D eigenvalue weighted by atomic mass is 9.96. The SMILES string of the molecule is COc1ccc2c(n1)CCN[C@@H]2CC(N)=O. The van der Waals surface area contributed by atoms with Crippen LogP contribution in [0.4, 0.5) is 0 Å². The van der Waals surface area contributed by atoms with E-state index in [1.54, 1.807) is 13.2 Å². The van der Waals surface area contributed by atoms with Gasteiger partial charge in [0.1, 0.15) is 0 Å². The quantitative estimate of drug-likeness (QED) is 0.761. The maximum absolute atomic E-state index is 10.9. The van der Waals surface area contributed by atoms with Crippen LogP contribution in [0.3, 0.4) is 0 Å². The Morgan fingerprint density at radius 2 is 2.50 bits per heavy atom. The van der Waals surface area contributed by atoms with Gasteiger partial charge >= 0.3 is 0 Å². The first-order chi connectivity index (χ1) is 7.70. The molecule has 1 aromatic heterocycles. The Balaban J connectivity index is 2.28. The molecule has 2 heterocycles. The van der Waals surface area contributed by atoms with E-state index in [0.29, 0.717) is 12.3 Å². The van der Waals surface area contributed by atoms with Gasteiger partial charge in [0.2, 0.25) is 11.8 Å². The molecule has 2 rings (SSSR count). The van der Waals surface area contributed by atoms with Crippen molar-refractivity contribution >= 4 is 5.91 Å². The average Bonchev–Trinajstić information content (AvgIpc) is 2.28. The first-order valence-corrected chi connectivity index (χ1v) is 5.26. The molecule has 0 saturated carbocycles. The largest absolute Gasteiger partial charge is 0.481 e. The number of hydrogen-bond acceptors (Lipinski definition) is 4. The number of hydrogen-bond donors (Lipinski definition) is 2. The monoisotopic (exact) mass is 221 g/mol. The summed E-state index contributed by atoms with van der Waals surface area (Å²) in [7, 11) is 1.59. The third kappa shape index (κ3) is 2.14. The van der Waals surface area contributed by atoms with Crippen molar-refractivity contribution in [2.75, 3.05) is 13.7 Å². The van der Waals surface area contributed by atoms with Gasteiger partial charge in [-0.25, -0.2) is 4.98 Å². The molecule has 0 saturated heterocycles. The Morgan fingerprint density at radius 3 is 3.19 bits per heavy atom. The summed E-state index contributed by atoms with van der Waals surface area (Å²) in [6.07, 6.45) is 1.16. The normalized spacial score (nSPS) is 18.9. The van der Waals surface area contributed by atoms with E-state index in [-0.39, 0.29) is 11.9 Å². The van der Waals surface area contributed by atoms with E-state index in [1.165, 1.54) is 0 Å². The number of aromatic nitrogens is 1. The van der Waals surface area contributed by atoms with Gasteiger partial charge < -0.3 is 15.8 Å². The highest BCUT2D eigenvalue weighted by Crippen LogP contribution is 2.25. The fourth-order valence-corrected chi connectivity index (χ4v) is 1.98. The number of fused-ring (bicyclic) bond motifs is 1. The van der Waals surface area contributed by atoms with E-state index >= 15 is 0 Å². The first-order valence-electron chi connectivity index (χ1n) is 5.26. The Morgan fingerprint density at radius 1 is 1.69 bits per heavy atom. The van der Waals surface area contributed by atoms with Gasteiger partial charge in [0.15, 0.2) is 0 Å². The fraction of sp³-hybridized carbons (Fsp3) is 0.455. The van der Waals surface area contributed by atoms with E-state index in [0.717, 1.165) is 24.2 Å². The third-order valence-electron chi connectivity index (χ3n) is 2.73. The highest BCUT2D eigenvalue weighted by molar-refractivity contribution is 5.74. The Labute approximate surface area is 94.0 Å². The van der Waals surface area contributed by atoms with Crippen LogP contribution in [0.2, 0.25) is 0 Å². The van der Waals surface area contributed by atoms with Crippen molar-refractivity contribution in [3.8, 4) is 5.88 Å². The van der Waals surface area contributed by atoms with Crippen LogP contribution >= 0.6 is 0 Å². The maximum Gasteiger partial charge on any atom is 0.219 e. The molecule has 0 bridgehead atoms. The van der Waals surface area contributed by atoms with Gasteiger partial charge in [0, 0.05) is 31.5 Å². The van der Waals surface area contributed by atoms with Crippen LogP contribution in [0.5, 0.6) is 5.88 Å². The van der Waals surface area contributed by atoms with Crippen molar-refractivity contribution in [3.63, 3.8) is 0 Å². The number of nitrogens with one attached hydrogen (secondary N) is 1. The molecule has 5 heteroatoms. The number of nitrogens with zero attached hydrogens (tertiary/aromatic N) is 1. The molecular weight excluding hydrogens is 206 g/mol. The van der Waals surface area contributed by atoms with Gasteiger partial charge in [0.25, 0.3) is 0 Å². The number of nitrogens with two attached hydrogens (primary N) is 1. The van der Waals surface area contributed by atoms with Gasteiger partial charge in [-0.15, -0.1) is 0 Å². The number of methoxy groups -OCH3 is 1. The number of ether oxygens (including phenoxy) is 1. The van der Waals surface area contributed by atoms with Crippen molar-refractivity contribution < 1.29 is 9.53 Å². The van der Waals surface area contributed by atoms with Crippen LogP contribution < -0.4 is 15.8 Å². The molecule has 0 aromatic carbocycles. The van der Waals surface area contributed by atoms with E-state index in [2.05, 4.69) is 10.3 Å². The van der Waals surface area contributed by atoms with Crippen LogP contribution in [0.25, 0.3) is 0 Å². The highest BCUT2D eigenvalue weighted by atomic mass is 16.5. The van der Waals surface area contributed by atoms with Gasteiger partial charge in [0.05, 0.1) is 12.8 Å². The lowest BCUT2D eigenvalue weighted by Gasteiger charge is -2.25. The Kier molecular flexibility index (Phi) is 3.05. The summed E-state index contributed by atoms with van der Waals surface area (Å²) < 4.78 is 5.07. The van der Waals surface area contributed by atoms with Crippen molar-refractivity contribution in [2.45, 2.75) is 18.9 Å². The first kappa shape index (κ1) is 10.9. The van der Waals surface area contributed by atoms with Crippen molar-refractivity contribution in [3.05, 3.63) is 23.4 Å². The number of rotatable bonds is 3. The molecule has 1 aromatic rings. The third-order valence-corrected chi connectivity index (χ3v) is 2.73. The van der Waals surface area contributed by atoms with Crippen LogP contribution in [-0.2, 0) is 11.2 Å². The predicted octanol–water partition coefficient (Wildman–Crippen LogP) is 0.152. The van der Waals surface area contributed by atoms with Gasteiger partial charge in [-0.05, 0) is 5.56 Å². The van der Waals surface area contributed by atoms with Crippen molar-refractivity contribution in [1.82, 2.24) is 10.3 Å². The van der Waals surface area contributed by atoms with Gasteiger partial charge in [-0.3, -0.25) is 4.79 Å². The number of primary amides is 1. The lowest BCUT2D eigenvalue weighted by Crippen LogP contribution is -2.33. The number of carbonyl (C=O) groups is 1. The summed E-state index contributed by atoms with van der Waals surface area (Å²) in [5, 5.41) is 3.26. The molecular formula is C11H15N3O2. The fourth-order valence-electron chi connectivity index (χ4n) is 1.98. The molecule has 3 N–H and O–H groups in total. The standard InChI is InChI=1S/C11H15N3O2/c1-16-11-3-2-7-8(14-11)4-5-13-9(7)6-10(12)15/h2-3,9,13H,4-6H2,1H3,(H2,12,15)/t9-/m1/s1. The Hall–Kier alpha value is -1.62. The van der Waals surface area contributed by atoms with E-state index in [9.17, 15) is 4.79 Å². The van der Waals surface area contributed by atoms with Crippen molar-refractivity contribution in [1.29, 1.82) is 0 Å². The second kappa shape index (κ2) is 4.49. The zero-order valence-electron chi connectivity index (χ0n) is 9.19. The molecule has 0 aliphatic carbocycles. The average molecular weight is 221 g/mol. The minimum atomic E-state index is -0.304. The predicted molar refractivity (Wildman–Crippen MR) is 59.0 cm³/mol. The molecule has 86 valence electrons. The number of carbonyl (C=O) groups excluding carboxylic acids is 1. The topological polar surface area (TPSA) is 77.2 Å². The van der Waals surface area contributed by atoms with E-state index < -0.39 is 0 Å². The minimum absolute atomic E-state index is 0.0142. The second-order valence-electron chi connectivity index (χ2n) is 3.82. The summed E-state index contributed by atoms with van der Waals surface area (Å²) in [5.41, 5.74) is 7.25. The number of amides is 1. The molecule has 0 unspecified atom stereocenters.